The lowest BCUT2D eigenvalue weighted by Gasteiger charge is -2.26. The van der Waals surface area contributed by atoms with Gasteiger partial charge in [-0.1, -0.05) is 44.2 Å². The second-order valence-electron chi connectivity index (χ2n) is 6.46. The van der Waals surface area contributed by atoms with Crippen LogP contribution in [-0.2, 0) is 9.59 Å². The van der Waals surface area contributed by atoms with Crippen LogP contribution in [0.25, 0.3) is 0 Å². The third-order valence-corrected chi connectivity index (χ3v) is 4.21. The summed E-state index contributed by atoms with van der Waals surface area (Å²) in [5.41, 5.74) is 2.36. The SMILES string of the molecule is CC(C)CCN1C(=O)CC(=O)N(c2ccccc2)c2ccccc21. The Kier molecular flexibility index (Phi) is 4.65. The molecule has 0 unspecified atom stereocenters. The number of para-hydroxylation sites is 3. The van der Waals surface area contributed by atoms with Gasteiger partial charge in [0.15, 0.2) is 0 Å². The topological polar surface area (TPSA) is 40.6 Å². The molecule has 0 N–H and O–H groups in total. The summed E-state index contributed by atoms with van der Waals surface area (Å²) in [6, 6.07) is 17.1. The van der Waals surface area contributed by atoms with Gasteiger partial charge in [0.05, 0.1) is 11.4 Å². The van der Waals surface area contributed by atoms with Gasteiger partial charge in [0.25, 0.3) is 0 Å². The number of anilines is 3. The van der Waals surface area contributed by atoms with Crippen LogP contribution in [-0.4, -0.2) is 18.4 Å². The Morgan fingerprint density at radius 2 is 1.50 bits per heavy atom. The molecule has 0 aromatic heterocycles. The fraction of sp³-hybridized carbons (Fsp3) is 0.300. The molecule has 2 aromatic rings. The summed E-state index contributed by atoms with van der Waals surface area (Å²) in [4.78, 5) is 28.8. The zero-order valence-corrected chi connectivity index (χ0v) is 14.1. The van der Waals surface area contributed by atoms with E-state index in [1.165, 1.54) is 0 Å². The fourth-order valence-corrected chi connectivity index (χ4v) is 2.95. The molecule has 2 aromatic carbocycles. The predicted octanol–water partition coefficient (Wildman–Crippen LogP) is 4.13. The summed E-state index contributed by atoms with van der Waals surface area (Å²) in [6.45, 7) is 4.90. The van der Waals surface area contributed by atoms with E-state index in [4.69, 9.17) is 0 Å². The molecule has 1 aliphatic rings. The quantitative estimate of drug-likeness (QED) is 0.794. The van der Waals surface area contributed by atoms with Crippen LogP contribution in [0.5, 0.6) is 0 Å². The van der Waals surface area contributed by atoms with Crippen LogP contribution in [0.15, 0.2) is 54.6 Å². The highest BCUT2D eigenvalue weighted by Crippen LogP contribution is 2.37. The van der Waals surface area contributed by atoms with E-state index in [-0.39, 0.29) is 18.2 Å². The molecule has 24 heavy (non-hydrogen) atoms. The molecule has 1 heterocycles. The van der Waals surface area contributed by atoms with Crippen molar-refractivity contribution >= 4 is 28.9 Å². The van der Waals surface area contributed by atoms with Crippen molar-refractivity contribution in [1.29, 1.82) is 0 Å². The molecule has 4 heteroatoms. The van der Waals surface area contributed by atoms with E-state index >= 15 is 0 Å². The van der Waals surface area contributed by atoms with Gasteiger partial charge in [-0.15, -0.1) is 0 Å². The number of rotatable bonds is 4. The van der Waals surface area contributed by atoms with Crippen LogP contribution in [0.4, 0.5) is 17.1 Å². The first-order valence-electron chi connectivity index (χ1n) is 8.35. The van der Waals surface area contributed by atoms with Crippen LogP contribution in [0.3, 0.4) is 0 Å². The van der Waals surface area contributed by atoms with Crippen LogP contribution in [0.2, 0.25) is 0 Å². The number of benzene rings is 2. The summed E-state index contributed by atoms with van der Waals surface area (Å²) in [7, 11) is 0. The third kappa shape index (κ3) is 3.18. The summed E-state index contributed by atoms with van der Waals surface area (Å²) in [5, 5.41) is 0. The molecule has 4 nitrogen and oxygen atoms in total. The first-order chi connectivity index (χ1) is 11.6. The summed E-state index contributed by atoms with van der Waals surface area (Å²) in [5.74, 6) is 0.173. The Morgan fingerprint density at radius 3 is 2.17 bits per heavy atom. The largest absolute Gasteiger partial charge is 0.310 e. The van der Waals surface area contributed by atoms with Gasteiger partial charge in [0, 0.05) is 12.2 Å². The Balaban J connectivity index is 2.07. The lowest BCUT2D eigenvalue weighted by Crippen LogP contribution is -2.33. The van der Waals surface area contributed by atoms with E-state index in [9.17, 15) is 9.59 Å². The highest BCUT2D eigenvalue weighted by molar-refractivity contribution is 6.18. The molecule has 3 rings (SSSR count). The first kappa shape index (κ1) is 16.2. The molecule has 0 saturated carbocycles. The maximum atomic E-state index is 12.7. The number of nitrogens with zero attached hydrogens (tertiary/aromatic N) is 2. The van der Waals surface area contributed by atoms with E-state index in [1.807, 2.05) is 54.6 Å². The summed E-state index contributed by atoms with van der Waals surface area (Å²) >= 11 is 0. The van der Waals surface area contributed by atoms with E-state index in [0.29, 0.717) is 12.5 Å². The van der Waals surface area contributed by atoms with Gasteiger partial charge in [0.1, 0.15) is 6.42 Å². The second-order valence-corrected chi connectivity index (χ2v) is 6.46. The van der Waals surface area contributed by atoms with Crippen LogP contribution in [0.1, 0.15) is 26.7 Å². The van der Waals surface area contributed by atoms with Gasteiger partial charge in [-0.05, 0) is 36.6 Å². The van der Waals surface area contributed by atoms with E-state index in [2.05, 4.69) is 13.8 Å². The van der Waals surface area contributed by atoms with Crippen molar-refractivity contribution in [3.8, 4) is 0 Å². The average Bonchev–Trinajstić information content (AvgIpc) is 2.67. The van der Waals surface area contributed by atoms with Crippen molar-refractivity contribution in [2.24, 2.45) is 5.92 Å². The van der Waals surface area contributed by atoms with Crippen molar-refractivity contribution in [2.45, 2.75) is 26.7 Å². The molecule has 124 valence electrons. The fourth-order valence-electron chi connectivity index (χ4n) is 2.95. The van der Waals surface area contributed by atoms with Crippen molar-refractivity contribution in [2.75, 3.05) is 16.3 Å². The smallest absolute Gasteiger partial charge is 0.241 e. The summed E-state index contributed by atoms with van der Waals surface area (Å²) < 4.78 is 0. The van der Waals surface area contributed by atoms with Crippen molar-refractivity contribution in [1.82, 2.24) is 0 Å². The lowest BCUT2D eigenvalue weighted by molar-refractivity contribution is -0.125. The van der Waals surface area contributed by atoms with Gasteiger partial charge >= 0.3 is 0 Å². The molecule has 0 saturated heterocycles. The van der Waals surface area contributed by atoms with E-state index < -0.39 is 0 Å². The number of hydrogen-bond acceptors (Lipinski definition) is 2. The molecule has 0 fully saturated rings. The van der Waals surface area contributed by atoms with Crippen LogP contribution >= 0.6 is 0 Å². The molecule has 0 atom stereocenters. The molecule has 1 aliphatic heterocycles. The van der Waals surface area contributed by atoms with Gasteiger partial charge < -0.3 is 4.90 Å². The van der Waals surface area contributed by atoms with Gasteiger partial charge in [-0.25, -0.2) is 0 Å². The zero-order valence-electron chi connectivity index (χ0n) is 14.1. The highest BCUT2D eigenvalue weighted by Gasteiger charge is 2.31. The Morgan fingerprint density at radius 1 is 0.875 bits per heavy atom. The van der Waals surface area contributed by atoms with E-state index in [1.54, 1.807) is 9.80 Å². The maximum absolute atomic E-state index is 12.7. The average molecular weight is 322 g/mol. The van der Waals surface area contributed by atoms with Crippen molar-refractivity contribution < 1.29 is 9.59 Å². The normalized spacial score (nSPS) is 14.8. The molecule has 2 amide bonds. The number of carbonyl (C=O) groups is 2. The van der Waals surface area contributed by atoms with Gasteiger partial charge in [0.2, 0.25) is 11.8 Å². The van der Waals surface area contributed by atoms with E-state index in [0.717, 1.165) is 23.5 Å². The minimum Gasteiger partial charge on any atom is -0.310 e. The predicted molar refractivity (Wildman–Crippen MR) is 96.5 cm³/mol. The van der Waals surface area contributed by atoms with Crippen molar-refractivity contribution in [3.05, 3.63) is 54.6 Å². The molecule has 0 spiro atoms. The van der Waals surface area contributed by atoms with Gasteiger partial charge in [-0.3, -0.25) is 14.5 Å². The standard InChI is InChI=1S/C20H22N2O2/c1-15(2)12-13-21-17-10-6-7-11-18(17)22(20(24)14-19(21)23)16-8-4-3-5-9-16/h3-11,15H,12-14H2,1-2H3. The zero-order chi connectivity index (χ0) is 17.1. The Hall–Kier alpha value is -2.62. The Labute approximate surface area is 142 Å². The number of carbonyl (C=O) groups excluding carboxylic acids is 2. The highest BCUT2D eigenvalue weighted by atomic mass is 16.2. The van der Waals surface area contributed by atoms with Crippen LogP contribution < -0.4 is 9.80 Å². The minimum absolute atomic E-state index is 0.109. The molecule has 0 radical (unpaired) electrons. The Bertz CT molecular complexity index is 740. The third-order valence-electron chi connectivity index (χ3n) is 4.21. The molecular formula is C20H22N2O2. The number of fused-ring (bicyclic) bond motifs is 1. The van der Waals surface area contributed by atoms with Crippen LogP contribution in [0, 0.1) is 5.92 Å². The van der Waals surface area contributed by atoms with Crippen molar-refractivity contribution in [3.63, 3.8) is 0 Å². The lowest BCUT2D eigenvalue weighted by atomic mass is 10.1. The second kappa shape index (κ2) is 6.87. The first-order valence-corrected chi connectivity index (χ1v) is 8.35. The van der Waals surface area contributed by atoms with Gasteiger partial charge in [-0.2, -0.15) is 0 Å². The maximum Gasteiger partial charge on any atom is 0.241 e. The monoisotopic (exact) mass is 322 g/mol. The summed E-state index contributed by atoms with van der Waals surface area (Å²) in [6.07, 6.45) is 0.793. The minimum atomic E-state index is -0.189. The molecular weight excluding hydrogens is 300 g/mol. The molecule has 0 bridgehead atoms. The number of amides is 2. The number of hydrogen-bond donors (Lipinski definition) is 0. The molecule has 0 aliphatic carbocycles.